The number of anilines is 1. The zero-order valence-corrected chi connectivity index (χ0v) is 22.2. The standard InChI is InChI=1S/C30H31ClFN5O/c1-36-14-4-7-21(36)17-38-30-34-28-24(29(35-30)37-15-19-10-11-20(16-37)33-19)13-12-23(27(28)32)22-8-2-5-18-6-3-9-25(31)26(18)22/h2-3,5-6,8-9,12-13,19-21,33H,4,7,10-11,14-17H2,1H3/t19?,20?,21-/m0/s1. The molecule has 7 rings (SSSR count). The third-order valence-electron chi connectivity index (χ3n) is 8.50. The highest BCUT2D eigenvalue weighted by atomic mass is 35.5. The van der Waals surface area contributed by atoms with Crippen molar-refractivity contribution in [1.29, 1.82) is 0 Å². The molecule has 6 nitrogen and oxygen atoms in total. The maximum Gasteiger partial charge on any atom is 0.319 e. The highest BCUT2D eigenvalue weighted by molar-refractivity contribution is 6.36. The monoisotopic (exact) mass is 531 g/mol. The van der Waals surface area contributed by atoms with Gasteiger partial charge in [0.05, 0.1) is 0 Å². The number of likely N-dealkylation sites (N-methyl/N-ethyl adjacent to an activating group) is 1. The fourth-order valence-corrected chi connectivity index (χ4v) is 6.77. The predicted octanol–water partition coefficient (Wildman–Crippen LogP) is 5.66. The van der Waals surface area contributed by atoms with Crippen LogP contribution in [0, 0.1) is 5.82 Å². The molecule has 4 heterocycles. The summed E-state index contributed by atoms with van der Waals surface area (Å²) in [6.45, 7) is 3.24. The van der Waals surface area contributed by atoms with Crippen molar-refractivity contribution >= 4 is 39.1 Å². The number of ether oxygens (including phenoxy) is 1. The number of aromatic nitrogens is 2. The van der Waals surface area contributed by atoms with Gasteiger partial charge in [-0.2, -0.15) is 9.97 Å². The molecule has 3 saturated heterocycles. The van der Waals surface area contributed by atoms with Gasteiger partial charge in [0.15, 0.2) is 5.82 Å². The molecular weight excluding hydrogens is 501 g/mol. The molecule has 0 aliphatic carbocycles. The Labute approximate surface area is 226 Å². The topological polar surface area (TPSA) is 53.5 Å². The summed E-state index contributed by atoms with van der Waals surface area (Å²) in [5.41, 5.74) is 1.52. The van der Waals surface area contributed by atoms with Gasteiger partial charge in [-0.15, -0.1) is 0 Å². The number of nitrogens with one attached hydrogen (secondary N) is 1. The van der Waals surface area contributed by atoms with E-state index >= 15 is 4.39 Å². The zero-order chi connectivity index (χ0) is 25.8. The minimum Gasteiger partial charge on any atom is -0.462 e. The number of benzene rings is 3. The van der Waals surface area contributed by atoms with Crippen molar-refractivity contribution in [2.24, 2.45) is 0 Å². The summed E-state index contributed by atoms with van der Waals surface area (Å²) < 4.78 is 22.6. The predicted molar refractivity (Wildman–Crippen MR) is 151 cm³/mol. The summed E-state index contributed by atoms with van der Waals surface area (Å²) in [4.78, 5) is 14.1. The van der Waals surface area contributed by atoms with Gasteiger partial charge < -0.3 is 19.9 Å². The van der Waals surface area contributed by atoms with Crippen LogP contribution in [0.4, 0.5) is 10.2 Å². The van der Waals surface area contributed by atoms with Crippen molar-refractivity contribution in [1.82, 2.24) is 20.2 Å². The lowest BCUT2D eigenvalue weighted by Crippen LogP contribution is -2.51. The van der Waals surface area contributed by atoms with E-state index in [2.05, 4.69) is 27.1 Å². The number of piperazine rings is 1. The molecule has 1 aromatic heterocycles. The van der Waals surface area contributed by atoms with Crippen LogP contribution < -0.4 is 15.0 Å². The van der Waals surface area contributed by atoms with Gasteiger partial charge in [0, 0.05) is 52.6 Å². The van der Waals surface area contributed by atoms with Crippen LogP contribution in [-0.4, -0.2) is 66.3 Å². The highest BCUT2D eigenvalue weighted by Gasteiger charge is 2.34. The third kappa shape index (κ3) is 4.17. The largest absolute Gasteiger partial charge is 0.462 e. The van der Waals surface area contributed by atoms with E-state index in [0.717, 1.165) is 67.5 Å². The molecule has 3 fully saturated rings. The molecule has 2 bridgehead atoms. The van der Waals surface area contributed by atoms with Crippen LogP contribution in [0.2, 0.25) is 5.02 Å². The molecule has 3 aromatic carbocycles. The molecule has 196 valence electrons. The van der Waals surface area contributed by atoms with Gasteiger partial charge in [-0.05, 0) is 62.4 Å². The summed E-state index contributed by atoms with van der Waals surface area (Å²) >= 11 is 6.60. The van der Waals surface area contributed by atoms with Crippen LogP contribution in [0.25, 0.3) is 32.8 Å². The molecule has 0 amide bonds. The molecule has 2 unspecified atom stereocenters. The lowest BCUT2D eigenvalue weighted by atomic mass is 9.96. The van der Waals surface area contributed by atoms with Gasteiger partial charge in [-0.1, -0.05) is 48.0 Å². The molecule has 4 aromatic rings. The fourth-order valence-electron chi connectivity index (χ4n) is 6.49. The minimum atomic E-state index is -0.375. The van der Waals surface area contributed by atoms with E-state index in [9.17, 15) is 0 Å². The number of rotatable bonds is 5. The first kappa shape index (κ1) is 24.1. The molecular formula is C30H31ClFN5O. The molecule has 38 heavy (non-hydrogen) atoms. The minimum absolute atomic E-state index is 0.241. The molecule has 3 aliphatic heterocycles. The second-order valence-electron chi connectivity index (χ2n) is 10.9. The van der Waals surface area contributed by atoms with Crippen molar-refractivity contribution in [3.8, 4) is 17.1 Å². The summed E-state index contributed by atoms with van der Waals surface area (Å²) in [6.07, 6.45) is 4.55. The number of nitrogens with zero attached hydrogens (tertiary/aromatic N) is 4. The first-order valence-electron chi connectivity index (χ1n) is 13.6. The number of fused-ring (bicyclic) bond motifs is 4. The first-order chi connectivity index (χ1) is 18.5. The first-order valence-corrected chi connectivity index (χ1v) is 13.9. The molecule has 8 heteroatoms. The van der Waals surface area contributed by atoms with Crippen molar-refractivity contribution in [3.05, 3.63) is 59.4 Å². The Kier molecular flexibility index (Phi) is 6.10. The highest BCUT2D eigenvalue weighted by Crippen LogP contribution is 2.39. The van der Waals surface area contributed by atoms with E-state index in [4.69, 9.17) is 21.3 Å². The Morgan fingerprint density at radius 3 is 2.55 bits per heavy atom. The van der Waals surface area contributed by atoms with Crippen molar-refractivity contribution in [3.63, 3.8) is 0 Å². The molecule has 0 saturated carbocycles. The summed E-state index contributed by atoms with van der Waals surface area (Å²) in [5, 5.41) is 6.79. The number of likely N-dealkylation sites (tertiary alicyclic amines) is 1. The fraction of sp³-hybridized carbons (Fsp3) is 0.400. The SMILES string of the molecule is CN1CCC[C@H]1COc1nc(N2CC3CCC(C2)N3)c2ccc(-c3cccc4cccc(Cl)c34)c(F)c2n1. The van der Waals surface area contributed by atoms with Gasteiger partial charge in [0.25, 0.3) is 0 Å². The summed E-state index contributed by atoms with van der Waals surface area (Å²) in [7, 11) is 2.12. The molecule has 1 N–H and O–H groups in total. The van der Waals surface area contributed by atoms with Gasteiger partial charge in [-0.25, -0.2) is 4.39 Å². The Hall–Kier alpha value is -3.00. The zero-order valence-electron chi connectivity index (χ0n) is 21.5. The quantitative estimate of drug-likeness (QED) is 0.359. The van der Waals surface area contributed by atoms with Crippen LogP contribution in [-0.2, 0) is 0 Å². The number of hydrogen-bond acceptors (Lipinski definition) is 6. The number of halogens is 2. The second-order valence-corrected chi connectivity index (χ2v) is 11.3. The molecule has 3 atom stereocenters. The van der Waals surface area contributed by atoms with Gasteiger partial charge in [-0.3, -0.25) is 0 Å². The Balaban J connectivity index is 1.36. The Bertz CT molecular complexity index is 1510. The van der Waals surface area contributed by atoms with Crippen LogP contribution in [0.3, 0.4) is 0 Å². The normalized spacial score (nSPS) is 23.6. The van der Waals surface area contributed by atoms with E-state index in [1.54, 1.807) is 0 Å². The van der Waals surface area contributed by atoms with Gasteiger partial charge in [0.2, 0.25) is 0 Å². The van der Waals surface area contributed by atoms with E-state index in [1.165, 1.54) is 0 Å². The van der Waals surface area contributed by atoms with E-state index in [1.807, 2.05) is 48.5 Å². The third-order valence-corrected chi connectivity index (χ3v) is 8.82. The lowest BCUT2D eigenvalue weighted by molar-refractivity contribution is 0.188. The average molecular weight is 532 g/mol. The Morgan fingerprint density at radius 1 is 1.00 bits per heavy atom. The van der Waals surface area contributed by atoms with Gasteiger partial charge in [0.1, 0.15) is 17.9 Å². The van der Waals surface area contributed by atoms with E-state index in [-0.39, 0.29) is 17.3 Å². The summed E-state index contributed by atoms with van der Waals surface area (Å²) in [5.74, 6) is 0.379. The van der Waals surface area contributed by atoms with Crippen LogP contribution in [0.1, 0.15) is 25.7 Å². The molecule has 0 spiro atoms. The number of hydrogen-bond donors (Lipinski definition) is 1. The Morgan fingerprint density at radius 2 is 1.79 bits per heavy atom. The smallest absolute Gasteiger partial charge is 0.319 e. The maximum absolute atomic E-state index is 16.5. The maximum atomic E-state index is 16.5. The van der Waals surface area contributed by atoms with Crippen LogP contribution in [0.15, 0.2) is 48.5 Å². The van der Waals surface area contributed by atoms with Crippen molar-refractivity contribution in [2.75, 3.05) is 38.2 Å². The van der Waals surface area contributed by atoms with Gasteiger partial charge >= 0.3 is 6.01 Å². The summed E-state index contributed by atoms with van der Waals surface area (Å²) in [6, 6.07) is 16.8. The molecule has 0 radical (unpaired) electrons. The van der Waals surface area contributed by atoms with E-state index < -0.39 is 0 Å². The average Bonchev–Trinajstić information content (AvgIpc) is 3.50. The van der Waals surface area contributed by atoms with Crippen molar-refractivity contribution in [2.45, 2.75) is 43.8 Å². The van der Waals surface area contributed by atoms with Crippen LogP contribution in [0.5, 0.6) is 6.01 Å². The second kappa shape index (κ2) is 9.63. The lowest BCUT2D eigenvalue weighted by Gasteiger charge is -2.34. The molecule has 3 aliphatic rings. The van der Waals surface area contributed by atoms with Crippen molar-refractivity contribution < 1.29 is 9.13 Å². The van der Waals surface area contributed by atoms with E-state index in [0.29, 0.717) is 40.7 Å². The van der Waals surface area contributed by atoms with Crippen LogP contribution >= 0.6 is 11.6 Å².